The fraction of sp³-hybridized carbons (Fsp3) is 0. The molecule has 0 saturated heterocycles. The Balaban J connectivity index is 2.04. The smallest absolute Gasteiger partial charge is 0.277 e. The summed E-state index contributed by atoms with van der Waals surface area (Å²) in [5, 5.41) is 15.1. The molecule has 5 nitrogen and oxygen atoms in total. The number of benzene rings is 3. The second-order valence-corrected chi connectivity index (χ2v) is 4.79. The quantitative estimate of drug-likeness (QED) is 0.585. The second-order valence-electron chi connectivity index (χ2n) is 4.79. The topological polar surface area (TPSA) is 72.2 Å². The van der Waals surface area contributed by atoms with E-state index in [4.69, 9.17) is 0 Å². The lowest BCUT2D eigenvalue weighted by Gasteiger charge is -2.07. The Hall–Kier alpha value is -3.21. The minimum atomic E-state index is -0.471. The van der Waals surface area contributed by atoms with Crippen LogP contribution in [0.2, 0.25) is 0 Å². The van der Waals surface area contributed by atoms with Gasteiger partial charge in [0.25, 0.3) is 11.6 Å². The Morgan fingerprint density at radius 3 is 2.36 bits per heavy atom. The van der Waals surface area contributed by atoms with E-state index < -0.39 is 4.92 Å². The third-order valence-electron chi connectivity index (χ3n) is 3.33. The first-order chi connectivity index (χ1) is 10.6. The number of nitrogens with one attached hydrogen (secondary N) is 1. The number of nitro benzene ring substituents is 1. The van der Waals surface area contributed by atoms with Crippen molar-refractivity contribution in [2.45, 2.75) is 0 Å². The molecule has 0 fully saturated rings. The van der Waals surface area contributed by atoms with Crippen LogP contribution in [0.3, 0.4) is 0 Å². The van der Waals surface area contributed by atoms with E-state index in [1.54, 1.807) is 54.6 Å². The zero-order valence-electron chi connectivity index (χ0n) is 11.5. The van der Waals surface area contributed by atoms with E-state index in [2.05, 4.69) is 5.32 Å². The molecule has 0 atom stereocenters. The van der Waals surface area contributed by atoms with Crippen LogP contribution >= 0.6 is 0 Å². The molecule has 0 bridgehead atoms. The number of nitrogens with zero attached hydrogens (tertiary/aromatic N) is 1. The molecule has 0 saturated carbocycles. The highest BCUT2D eigenvalue weighted by Gasteiger charge is 2.17. The third-order valence-corrected chi connectivity index (χ3v) is 3.33. The highest BCUT2D eigenvalue weighted by molar-refractivity contribution is 6.08. The van der Waals surface area contributed by atoms with Crippen molar-refractivity contribution in [3.8, 4) is 0 Å². The molecule has 0 spiro atoms. The van der Waals surface area contributed by atoms with Crippen molar-refractivity contribution in [1.29, 1.82) is 0 Å². The van der Waals surface area contributed by atoms with Crippen molar-refractivity contribution in [3.05, 3.63) is 82.4 Å². The number of para-hydroxylation sites is 1. The summed E-state index contributed by atoms with van der Waals surface area (Å²) in [4.78, 5) is 23.1. The van der Waals surface area contributed by atoms with E-state index in [9.17, 15) is 14.9 Å². The first-order valence-corrected chi connectivity index (χ1v) is 6.69. The van der Waals surface area contributed by atoms with E-state index in [0.717, 1.165) is 0 Å². The number of nitro groups is 1. The summed E-state index contributed by atoms with van der Waals surface area (Å²) >= 11 is 0. The number of fused-ring (bicyclic) bond motifs is 1. The standard InChI is InChI=1S/C17H12N2O3/c20-17(18-14-7-2-1-3-8-14)13-10-12-6-4-5-9-15(12)16(11-13)19(21)22/h1-11H,(H,18,20). The van der Waals surface area contributed by atoms with Gasteiger partial charge < -0.3 is 5.32 Å². The molecule has 0 aliphatic heterocycles. The van der Waals surface area contributed by atoms with Gasteiger partial charge in [-0.3, -0.25) is 14.9 Å². The molecular weight excluding hydrogens is 280 g/mol. The number of anilines is 1. The molecule has 5 heteroatoms. The van der Waals surface area contributed by atoms with Gasteiger partial charge in [0.1, 0.15) is 0 Å². The molecule has 1 amide bonds. The molecule has 3 aromatic carbocycles. The van der Waals surface area contributed by atoms with Crippen LogP contribution in [0.4, 0.5) is 11.4 Å². The molecule has 1 N–H and O–H groups in total. The van der Waals surface area contributed by atoms with Crippen molar-refractivity contribution < 1.29 is 9.72 Å². The zero-order chi connectivity index (χ0) is 15.5. The van der Waals surface area contributed by atoms with E-state index in [1.807, 2.05) is 6.07 Å². The molecule has 0 heterocycles. The molecule has 22 heavy (non-hydrogen) atoms. The number of rotatable bonds is 3. The molecule has 0 aliphatic carbocycles. The predicted octanol–water partition coefficient (Wildman–Crippen LogP) is 4.00. The first-order valence-electron chi connectivity index (χ1n) is 6.69. The maximum Gasteiger partial charge on any atom is 0.277 e. The summed E-state index contributed by atoms with van der Waals surface area (Å²) in [5.41, 5.74) is 0.828. The van der Waals surface area contributed by atoms with E-state index in [0.29, 0.717) is 16.5 Å². The lowest BCUT2D eigenvalue weighted by atomic mass is 10.0. The van der Waals surface area contributed by atoms with Gasteiger partial charge in [-0.2, -0.15) is 0 Å². The minimum Gasteiger partial charge on any atom is -0.322 e. The minimum absolute atomic E-state index is 0.0729. The largest absolute Gasteiger partial charge is 0.322 e. The summed E-state index contributed by atoms with van der Waals surface area (Å²) in [6, 6.07) is 18.9. The molecule has 3 aromatic rings. The summed E-state index contributed by atoms with van der Waals surface area (Å²) in [5.74, 6) is -0.375. The maximum atomic E-state index is 12.3. The monoisotopic (exact) mass is 292 g/mol. The number of carbonyl (C=O) groups excluding carboxylic acids is 1. The van der Waals surface area contributed by atoms with Crippen molar-refractivity contribution in [2.75, 3.05) is 5.32 Å². The summed E-state index contributed by atoms with van der Waals surface area (Å²) < 4.78 is 0. The molecule has 0 radical (unpaired) electrons. The fourth-order valence-electron chi connectivity index (χ4n) is 2.30. The Morgan fingerprint density at radius 2 is 1.64 bits per heavy atom. The zero-order valence-corrected chi connectivity index (χ0v) is 11.5. The number of non-ortho nitro benzene ring substituents is 1. The van der Waals surface area contributed by atoms with Gasteiger partial charge in [0, 0.05) is 17.3 Å². The summed E-state index contributed by atoms with van der Waals surface area (Å²) in [7, 11) is 0. The Labute approximate surface area is 126 Å². The van der Waals surface area contributed by atoms with Gasteiger partial charge in [0.05, 0.1) is 10.3 Å². The molecule has 0 aliphatic rings. The highest BCUT2D eigenvalue weighted by atomic mass is 16.6. The van der Waals surface area contributed by atoms with Gasteiger partial charge in [-0.05, 0) is 29.7 Å². The summed E-state index contributed by atoms with van der Waals surface area (Å²) in [6.45, 7) is 0. The molecule has 0 aromatic heterocycles. The van der Waals surface area contributed by atoms with Crippen LogP contribution in [-0.4, -0.2) is 10.8 Å². The van der Waals surface area contributed by atoms with Crippen LogP contribution in [0, 0.1) is 10.1 Å². The predicted molar refractivity (Wildman–Crippen MR) is 85.0 cm³/mol. The first kappa shape index (κ1) is 13.8. The van der Waals surface area contributed by atoms with E-state index in [-0.39, 0.29) is 17.2 Å². The highest BCUT2D eigenvalue weighted by Crippen LogP contribution is 2.27. The van der Waals surface area contributed by atoms with E-state index in [1.165, 1.54) is 6.07 Å². The SMILES string of the molecule is O=C(Nc1ccccc1)c1cc([N+](=O)[O-])c2ccccc2c1. The third kappa shape index (κ3) is 2.64. The van der Waals surface area contributed by atoms with Gasteiger partial charge in [0.2, 0.25) is 0 Å². The van der Waals surface area contributed by atoms with Crippen LogP contribution in [0.25, 0.3) is 10.8 Å². The number of carbonyl (C=O) groups is 1. The van der Waals surface area contributed by atoms with Gasteiger partial charge in [-0.1, -0.05) is 36.4 Å². The molecule has 3 rings (SSSR count). The normalized spacial score (nSPS) is 10.4. The van der Waals surface area contributed by atoms with Crippen molar-refractivity contribution >= 4 is 28.1 Å². The fourth-order valence-corrected chi connectivity index (χ4v) is 2.30. The molecule has 0 unspecified atom stereocenters. The second kappa shape index (κ2) is 5.65. The van der Waals surface area contributed by atoms with Crippen LogP contribution < -0.4 is 5.32 Å². The molecular formula is C17H12N2O3. The van der Waals surface area contributed by atoms with Crippen LogP contribution in [0.5, 0.6) is 0 Å². The average molecular weight is 292 g/mol. The van der Waals surface area contributed by atoms with Crippen molar-refractivity contribution in [2.24, 2.45) is 0 Å². The van der Waals surface area contributed by atoms with Gasteiger partial charge in [0.15, 0.2) is 0 Å². The Bertz CT molecular complexity index is 860. The van der Waals surface area contributed by atoms with Crippen LogP contribution in [0.15, 0.2) is 66.7 Å². The number of amides is 1. The Kier molecular flexibility index (Phi) is 3.53. The summed E-state index contributed by atoms with van der Waals surface area (Å²) in [6.07, 6.45) is 0. The van der Waals surface area contributed by atoms with Crippen molar-refractivity contribution in [1.82, 2.24) is 0 Å². The van der Waals surface area contributed by atoms with Gasteiger partial charge >= 0.3 is 0 Å². The van der Waals surface area contributed by atoms with Crippen LogP contribution in [0.1, 0.15) is 10.4 Å². The molecule has 108 valence electrons. The lowest BCUT2D eigenvalue weighted by Crippen LogP contribution is -2.12. The van der Waals surface area contributed by atoms with Gasteiger partial charge in [-0.15, -0.1) is 0 Å². The number of hydrogen-bond acceptors (Lipinski definition) is 3. The average Bonchev–Trinajstić information content (AvgIpc) is 2.54. The lowest BCUT2D eigenvalue weighted by molar-refractivity contribution is -0.383. The Morgan fingerprint density at radius 1 is 0.955 bits per heavy atom. The van der Waals surface area contributed by atoms with Gasteiger partial charge in [-0.25, -0.2) is 0 Å². The number of hydrogen-bond donors (Lipinski definition) is 1. The van der Waals surface area contributed by atoms with Crippen LogP contribution in [-0.2, 0) is 0 Å². The van der Waals surface area contributed by atoms with Crippen molar-refractivity contribution in [3.63, 3.8) is 0 Å². The van der Waals surface area contributed by atoms with E-state index >= 15 is 0 Å². The maximum absolute atomic E-state index is 12.3.